The lowest BCUT2D eigenvalue weighted by Gasteiger charge is -2.35. The lowest BCUT2D eigenvalue weighted by Crippen LogP contribution is -2.50. The van der Waals surface area contributed by atoms with Crippen LogP contribution >= 0.6 is 0 Å². The van der Waals surface area contributed by atoms with Gasteiger partial charge in [0.2, 0.25) is 5.91 Å². The van der Waals surface area contributed by atoms with Crippen LogP contribution in [0.25, 0.3) is 0 Å². The number of nitrogens with one attached hydrogen (secondary N) is 1. The Labute approximate surface area is 187 Å². The lowest BCUT2D eigenvalue weighted by molar-refractivity contribution is -0.127. The summed E-state index contributed by atoms with van der Waals surface area (Å²) < 4.78 is 18.7. The number of rotatable bonds is 6. The molecule has 5 rings (SSSR count). The molecule has 32 heavy (non-hydrogen) atoms. The van der Waals surface area contributed by atoms with Crippen LogP contribution in [0.15, 0.2) is 53.1 Å². The van der Waals surface area contributed by atoms with Gasteiger partial charge in [-0.25, -0.2) is 4.39 Å². The van der Waals surface area contributed by atoms with E-state index in [0.717, 1.165) is 42.7 Å². The molecule has 0 spiro atoms. The van der Waals surface area contributed by atoms with Gasteiger partial charge in [-0.2, -0.15) is 0 Å². The van der Waals surface area contributed by atoms with Gasteiger partial charge in [0, 0.05) is 31.6 Å². The number of hydrogen-bond donors (Lipinski definition) is 1. The van der Waals surface area contributed by atoms with E-state index < -0.39 is 0 Å². The predicted molar refractivity (Wildman–Crippen MR) is 119 cm³/mol. The van der Waals surface area contributed by atoms with Gasteiger partial charge < -0.3 is 9.84 Å². The Hall–Kier alpha value is -2.99. The molecule has 1 N–H and O–H groups in total. The van der Waals surface area contributed by atoms with Crippen molar-refractivity contribution in [1.82, 2.24) is 15.4 Å². The molecule has 2 aliphatic rings. The summed E-state index contributed by atoms with van der Waals surface area (Å²) in [5.74, 6) is 0.798. The third kappa shape index (κ3) is 4.46. The molecule has 166 valence electrons. The second kappa shape index (κ2) is 9.25. The van der Waals surface area contributed by atoms with Gasteiger partial charge in [-0.1, -0.05) is 41.6 Å². The molecule has 1 amide bonds. The van der Waals surface area contributed by atoms with Gasteiger partial charge >= 0.3 is 0 Å². The van der Waals surface area contributed by atoms with E-state index in [1.165, 1.54) is 28.8 Å². The van der Waals surface area contributed by atoms with E-state index in [1.54, 1.807) is 12.1 Å². The second-order valence-electron chi connectivity index (χ2n) is 8.80. The highest BCUT2D eigenvalue weighted by Gasteiger charge is 2.33. The summed E-state index contributed by atoms with van der Waals surface area (Å²) in [6.07, 6.45) is 5.63. The van der Waals surface area contributed by atoms with Gasteiger partial charge in [-0.3, -0.25) is 9.69 Å². The highest BCUT2D eigenvalue weighted by atomic mass is 19.1. The standard InChI is InChI=1S/C26H28FN3O2/c27-21-11-9-18(10-12-21)13-14-28-26(31)24-15-19-5-1-2-6-20(19)16-30(24)17-23-22-7-3-4-8-25(22)32-29-23/h1-2,5-6,9-12,24H,3-4,7-8,13-17H2,(H,28,31). The molecule has 5 nitrogen and oxygen atoms in total. The highest BCUT2D eigenvalue weighted by Crippen LogP contribution is 2.29. The van der Waals surface area contributed by atoms with E-state index in [9.17, 15) is 9.18 Å². The monoisotopic (exact) mass is 433 g/mol. The van der Waals surface area contributed by atoms with Gasteiger partial charge in [0.05, 0.1) is 6.04 Å². The minimum absolute atomic E-state index is 0.0268. The van der Waals surface area contributed by atoms with Gasteiger partial charge in [0.25, 0.3) is 0 Å². The van der Waals surface area contributed by atoms with Crippen LogP contribution in [-0.2, 0) is 43.6 Å². The summed E-state index contributed by atoms with van der Waals surface area (Å²) in [6.45, 7) is 1.85. The molecule has 0 radical (unpaired) electrons. The molecule has 0 fully saturated rings. The first-order valence-electron chi connectivity index (χ1n) is 11.5. The van der Waals surface area contributed by atoms with E-state index in [1.807, 2.05) is 6.07 Å². The topological polar surface area (TPSA) is 58.4 Å². The van der Waals surface area contributed by atoms with Crippen molar-refractivity contribution in [3.8, 4) is 0 Å². The third-order valence-electron chi connectivity index (χ3n) is 6.66. The van der Waals surface area contributed by atoms with Crippen LogP contribution in [-0.4, -0.2) is 28.6 Å². The van der Waals surface area contributed by atoms with E-state index in [0.29, 0.717) is 32.5 Å². The molecule has 2 heterocycles. The summed E-state index contributed by atoms with van der Waals surface area (Å²) in [5, 5.41) is 7.47. The molecule has 6 heteroatoms. The smallest absolute Gasteiger partial charge is 0.237 e. The van der Waals surface area contributed by atoms with Gasteiger partial charge in [-0.15, -0.1) is 0 Å². The Kier molecular flexibility index (Phi) is 6.04. The number of carbonyl (C=O) groups is 1. The van der Waals surface area contributed by atoms with Crippen molar-refractivity contribution in [2.24, 2.45) is 0 Å². The first-order chi connectivity index (χ1) is 15.7. The fourth-order valence-electron chi connectivity index (χ4n) is 4.87. The van der Waals surface area contributed by atoms with E-state index in [2.05, 4.69) is 33.6 Å². The zero-order valence-electron chi connectivity index (χ0n) is 18.1. The lowest BCUT2D eigenvalue weighted by atomic mass is 9.92. The van der Waals surface area contributed by atoms with Gasteiger partial charge in [0.15, 0.2) is 0 Å². The molecular formula is C26H28FN3O2. The van der Waals surface area contributed by atoms with Crippen LogP contribution in [0.4, 0.5) is 4.39 Å². The van der Waals surface area contributed by atoms with Crippen LogP contribution in [0.1, 0.15) is 46.5 Å². The SMILES string of the molecule is O=C(NCCc1ccc(F)cc1)C1Cc2ccccc2CN1Cc1noc2c1CCCC2. The molecular weight excluding hydrogens is 405 g/mol. The second-order valence-corrected chi connectivity index (χ2v) is 8.80. The maximum absolute atomic E-state index is 13.2. The summed E-state index contributed by atoms with van der Waals surface area (Å²) >= 11 is 0. The van der Waals surface area contributed by atoms with E-state index >= 15 is 0 Å². The van der Waals surface area contributed by atoms with Crippen LogP contribution in [0.3, 0.4) is 0 Å². The van der Waals surface area contributed by atoms with Crippen LogP contribution < -0.4 is 5.32 Å². The van der Waals surface area contributed by atoms with Gasteiger partial charge in [-0.05, 0) is 60.9 Å². The Balaban J connectivity index is 1.30. The first kappa shape index (κ1) is 20.9. The molecule has 1 aromatic heterocycles. The van der Waals surface area contributed by atoms with Gasteiger partial charge in [0.1, 0.15) is 17.3 Å². The Morgan fingerprint density at radius 3 is 2.72 bits per heavy atom. The maximum atomic E-state index is 13.2. The van der Waals surface area contributed by atoms with Crippen molar-refractivity contribution in [1.29, 1.82) is 0 Å². The van der Waals surface area contributed by atoms with Crippen molar-refractivity contribution in [2.75, 3.05) is 6.54 Å². The quantitative estimate of drug-likeness (QED) is 0.639. The van der Waals surface area contributed by atoms with Crippen molar-refractivity contribution >= 4 is 5.91 Å². The highest BCUT2D eigenvalue weighted by molar-refractivity contribution is 5.82. The number of carbonyl (C=O) groups excluding carboxylic acids is 1. The fraction of sp³-hybridized carbons (Fsp3) is 0.385. The Morgan fingerprint density at radius 2 is 1.88 bits per heavy atom. The summed E-state index contributed by atoms with van der Waals surface area (Å²) in [6, 6.07) is 14.5. The van der Waals surface area contributed by atoms with Crippen LogP contribution in [0.2, 0.25) is 0 Å². The number of amides is 1. The van der Waals surface area contributed by atoms with Crippen LogP contribution in [0, 0.1) is 5.82 Å². The number of nitrogens with zero attached hydrogens (tertiary/aromatic N) is 2. The largest absolute Gasteiger partial charge is 0.361 e. The number of fused-ring (bicyclic) bond motifs is 2. The van der Waals surface area contributed by atoms with Crippen molar-refractivity contribution in [3.05, 3.63) is 88.1 Å². The molecule has 0 saturated carbocycles. The number of aromatic nitrogens is 1. The Bertz CT molecular complexity index is 1090. The molecule has 1 aliphatic carbocycles. The zero-order valence-corrected chi connectivity index (χ0v) is 18.1. The molecule has 0 bridgehead atoms. The predicted octanol–water partition coefficient (Wildman–Crippen LogP) is 3.98. The minimum atomic E-state index is -0.256. The third-order valence-corrected chi connectivity index (χ3v) is 6.66. The minimum Gasteiger partial charge on any atom is -0.361 e. The molecule has 1 atom stereocenters. The van der Waals surface area contributed by atoms with E-state index in [-0.39, 0.29) is 17.8 Å². The summed E-state index contributed by atoms with van der Waals surface area (Å²) in [4.78, 5) is 15.4. The molecule has 1 aliphatic heterocycles. The fourth-order valence-corrected chi connectivity index (χ4v) is 4.87. The molecule has 1 unspecified atom stereocenters. The summed E-state index contributed by atoms with van der Waals surface area (Å²) in [7, 11) is 0. The maximum Gasteiger partial charge on any atom is 0.237 e. The van der Waals surface area contributed by atoms with Crippen molar-refractivity contribution < 1.29 is 13.7 Å². The molecule has 0 saturated heterocycles. The first-order valence-corrected chi connectivity index (χ1v) is 11.5. The van der Waals surface area contributed by atoms with E-state index in [4.69, 9.17) is 4.52 Å². The number of halogens is 1. The van der Waals surface area contributed by atoms with Crippen molar-refractivity contribution in [2.45, 2.75) is 57.7 Å². The summed E-state index contributed by atoms with van der Waals surface area (Å²) in [5.41, 5.74) is 5.71. The molecule has 2 aromatic carbocycles. The number of benzene rings is 2. The molecule has 3 aromatic rings. The Morgan fingerprint density at radius 1 is 1.09 bits per heavy atom. The number of aryl methyl sites for hydroxylation is 1. The normalized spacial score (nSPS) is 18.1. The number of hydrogen-bond acceptors (Lipinski definition) is 4. The van der Waals surface area contributed by atoms with Crippen molar-refractivity contribution in [3.63, 3.8) is 0 Å². The zero-order chi connectivity index (χ0) is 21.9. The average molecular weight is 434 g/mol. The van der Waals surface area contributed by atoms with Crippen LogP contribution in [0.5, 0.6) is 0 Å². The average Bonchev–Trinajstić information content (AvgIpc) is 3.23.